The Morgan fingerprint density at radius 1 is 0.862 bits per heavy atom. The molecule has 7 heteroatoms. The molecule has 0 aliphatic rings. The maximum absolute atomic E-state index is 13.5. The molecular formula is C22H20O5S2. The minimum atomic E-state index is -3.97. The van der Waals surface area contributed by atoms with Gasteiger partial charge in [0.1, 0.15) is 11.5 Å². The highest BCUT2D eigenvalue weighted by molar-refractivity contribution is 8.14. The van der Waals surface area contributed by atoms with E-state index >= 15 is 0 Å². The molecule has 150 valence electrons. The molecule has 1 atom stereocenters. The second-order valence-electron chi connectivity index (χ2n) is 6.05. The number of hydrogen-bond acceptors (Lipinski definition) is 6. The van der Waals surface area contributed by atoms with Crippen LogP contribution in [-0.4, -0.2) is 33.0 Å². The van der Waals surface area contributed by atoms with Crippen LogP contribution in [0.25, 0.3) is 0 Å². The monoisotopic (exact) mass is 428 g/mol. The number of Topliss-reactive ketones (excluding diaryl/α,β-unsaturated/α-hetero) is 1. The number of sulfone groups is 1. The van der Waals surface area contributed by atoms with Crippen LogP contribution in [0.15, 0.2) is 88.7 Å². The standard InChI is InChI=1S/C22H20O5S2/c1-26-16-13-14-20(27-2)19(15-16)21(23)22(28-17-9-5-3-6-10-17)29(24,25)18-11-7-4-8-12-18/h3-15,22H,1-2H3. The normalized spacial score (nSPS) is 12.2. The first-order chi connectivity index (χ1) is 14.0. The van der Waals surface area contributed by atoms with E-state index in [1.165, 1.54) is 32.4 Å². The number of methoxy groups -OCH3 is 2. The Morgan fingerprint density at radius 2 is 1.48 bits per heavy atom. The first kappa shape index (κ1) is 21.0. The summed E-state index contributed by atoms with van der Waals surface area (Å²) in [7, 11) is -1.06. The van der Waals surface area contributed by atoms with Crippen LogP contribution in [0.2, 0.25) is 0 Å². The predicted octanol–water partition coefficient (Wildman–Crippen LogP) is 4.48. The van der Waals surface area contributed by atoms with Crippen molar-refractivity contribution in [3.8, 4) is 11.5 Å². The zero-order chi connectivity index (χ0) is 20.9. The third-order valence-electron chi connectivity index (χ3n) is 4.23. The summed E-state index contributed by atoms with van der Waals surface area (Å²) in [6.45, 7) is 0. The van der Waals surface area contributed by atoms with Crippen molar-refractivity contribution in [3.63, 3.8) is 0 Å². The lowest BCUT2D eigenvalue weighted by atomic mass is 10.1. The molecule has 0 fully saturated rings. The fourth-order valence-electron chi connectivity index (χ4n) is 2.75. The van der Waals surface area contributed by atoms with Gasteiger partial charge in [-0.15, -0.1) is 0 Å². The molecule has 0 saturated heterocycles. The molecule has 1 unspecified atom stereocenters. The number of thioether (sulfide) groups is 1. The molecule has 0 bridgehead atoms. The van der Waals surface area contributed by atoms with Crippen molar-refractivity contribution < 1.29 is 22.7 Å². The lowest BCUT2D eigenvalue weighted by Gasteiger charge is -2.18. The molecule has 0 aliphatic carbocycles. The average Bonchev–Trinajstić information content (AvgIpc) is 2.77. The molecule has 0 aliphatic heterocycles. The van der Waals surface area contributed by atoms with E-state index < -0.39 is 20.2 Å². The van der Waals surface area contributed by atoms with Crippen molar-refractivity contribution in [2.75, 3.05) is 14.2 Å². The van der Waals surface area contributed by atoms with E-state index in [1.54, 1.807) is 54.6 Å². The van der Waals surface area contributed by atoms with E-state index in [4.69, 9.17) is 9.47 Å². The minimum Gasteiger partial charge on any atom is -0.497 e. The Morgan fingerprint density at radius 3 is 2.07 bits per heavy atom. The Labute approximate surface area is 174 Å². The lowest BCUT2D eigenvalue weighted by molar-refractivity contribution is 0.100. The molecule has 0 amide bonds. The van der Waals surface area contributed by atoms with Gasteiger partial charge in [-0.3, -0.25) is 4.79 Å². The zero-order valence-corrected chi connectivity index (χ0v) is 17.6. The number of carbonyl (C=O) groups is 1. The summed E-state index contributed by atoms with van der Waals surface area (Å²) in [4.78, 5) is 14.2. The number of rotatable bonds is 8. The number of ether oxygens (including phenoxy) is 2. The third kappa shape index (κ3) is 4.63. The fraction of sp³-hybridized carbons (Fsp3) is 0.136. The summed E-state index contributed by atoms with van der Waals surface area (Å²) in [5.74, 6) is 0.158. The molecule has 3 aromatic carbocycles. The maximum atomic E-state index is 13.5. The topological polar surface area (TPSA) is 69.7 Å². The SMILES string of the molecule is COc1ccc(OC)c(C(=O)C(Sc2ccccc2)S(=O)(=O)c2ccccc2)c1. The second kappa shape index (κ2) is 9.15. The summed E-state index contributed by atoms with van der Waals surface area (Å²) in [5, 5.41) is 0. The Kier molecular flexibility index (Phi) is 6.61. The van der Waals surface area contributed by atoms with Gasteiger partial charge in [-0.1, -0.05) is 48.2 Å². The highest BCUT2D eigenvalue weighted by Gasteiger charge is 2.37. The molecule has 3 aromatic rings. The molecule has 3 rings (SSSR count). The predicted molar refractivity (Wildman–Crippen MR) is 114 cm³/mol. The van der Waals surface area contributed by atoms with Crippen molar-refractivity contribution in [3.05, 3.63) is 84.4 Å². The fourth-order valence-corrected chi connectivity index (χ4v) is 5.91. The van der Waals surface area contributed by atoms with Gasteiger partial charge in [-0.05, 0) is 42.5 Å². The van der Waals surface area contributed by atoms with E-state index in [2.05, 4.69) is 0 Å². The van der Waals surface area contributed by atoms with E-state index in [9.17, 15) is 13.2 Å². The third-order valence-corrected chi connectivity index (χ3v) is 7.95. The van der Waals surface area contributed by atoms with Crippen LogP contribution in [0.5, 0.6) is 11.5 Å². The van der Waals surface area contributed by atoms with Crippen LogP contribution in [0.3, 0.4) is 0 Å². The van der Waals surface area contributed by atoms with Crippen LogP contribution in [0.1, 0.15) is 10.4 Å². The van der Waals surface area contributed by atoms with Crippen molar-refractivity contribution in [1.29, 1.82) is 0 Å². The smallest absolute Gasteiger partial charge is 0.198 e. The summed E-state index contributed by atoms with van der Waals surface area (Å²) in [6, 6.07) is 21.7. The molecule has 0 saturated carbocycles. The molecule has 0 spiro atoms. The minimum absolute atomic E-state index is 0.0867. The van der Waals surface area contributed by atoms with Gasteiger partial charge >= 0.3 is 0 Å². The first-order valence-corrected chi connectivity index (χ1v) is 11.2. The van der Waals surface area contributed by atoms with E-state index in [1.807, 2.05) is 6.07 Å². The lowest BCUT2D eigenvalue weighted by Crippen LogP contribution is -2.28. The molecule has 0 heterocycles. The quantitative estimate of drug-likeness (QED) is 0.389. The second-order valence-corrected chi connectivity index (χ2v) is 9.56. The maximum Gasteiger partial charge on any atom is 0.198 e. The van der Waals surface area contributed by atoms with Crippen molar-refractivity contribution in [2.24, 2.45) is 0 Å². The van der Waals surface area contributed by atoms with Gasteiger partial charge in [0.15, 0.2) is 20.2 Å². The van der Waals surface area contributed by atoms with E-state index in [0.717, 1.165) is 11.8 Å². The number of ketones is 1. The Hall–Kier alpha value is -2.77. The molecule has 0 radical (unpaired) electrons. The van der Waals surface area contributed by atoms with Gasteiger partial charge in [0.25, 0.3) is 0 Å². The van der Waals surface area contributed by atoms with Gasteiger partial charge in [0, 0.05) is 4.90 Å². The Balaban J connectivity index is 2.12. The number of hydrogen-bond donors (Lipinski definition) is 0. The number of benzene rings is 3. The molecule has 0 aromatic heterocycles. The van der Waals surface area contributed by atoms with Gasteiger partial charge in [0.2, 0.25) is 0 Å². The van der Waals surface area contributed by atoms with Gasteiger partial charge in [-0.25, -0.2) is 8.42 Å². The van der Waals surface area contributed by atoms with Crippen LogP contribution < -0.4 is 9.47 Å². The van der Waals surface area contributed by atoms with Crippen LogP contribution in [-0.2, 0) is 9.84 Å². The van der Waals surface area contributed by atoms with Gasteiger partial charge in [-0.2, -0.15) is 0 Å². The molecular weight excluding hydrogens is 408 g/mol. The zero-order valence-electron chi connectivity index (χ0n) is 15.9. The van der Waals surface area contributed by atoms with Gasteiger partial charge in [0.05, 0.1) is 24.7 Å². The highest BCUT2D eigenvalue weighted by atomic mass is 32.3. The van der Waals surface area contributed by atoms with Crippen LogP contribution >= 0.6 is 11.8 Å². The summed E-state index contributed by atoms with van der Waals surface area (Å²) >= 11 is 0.992. The van der Waals surface area contributed by atoms with E-state index in [0.29, 0.717) is 10.6 Å². The van der Waals surface area contributed by atoms with Gasteiger partial charge < -0.3 is 9.47 Å². The largest absolute Gasteiger partial charge is 0.497 e. The van der Waals surface area contributed by atoms with Crippen molar-refractivity contribution in [2.45, 2.75) is 14.4 Å². The summed E-state index contributed by atoms with van der Waals surface area (Å²) in [5.41, 5.74) is 0.153. The summed E-state index contributed by atoms with van der Waals surface area (Å²) < 4.78 is 35.9. The highest BCUT2D eigenvalue weighted by Crippen LogP contribution is 2.36. The average molecular weight is 429 g/mol. The van der Waals surface area contributed by atoms with E-state index in [-0.39, 0.29) is 16.2 Å². The molecule has 5 nitrogen and oxygen atoms in total. The Bertz CT molecular complexity index is 1080. The van der Waals surface area contributed by atoms with Crippen molar-refractivity contribution >= 4 is 27.4 Å². The number of carbonyl (C=O) groups excluding carboxylic acids is 1. The van der Waals surface area contributed by atoms with Crippen LogP contribution in [0, 0.1) is 0 Å². The van der Waals surface area contributed by atoms with Crippen molar-refractivity contribution in [1.82, 2.24) is 0 Å². The molecule has 0 N–H and O–H groups in total. The van der Waals surface area contributed by atoms with Crippen LogP contribution in [0.4, 0.5) is 0 Å². The molecule has 29 heavy (non-hydrogen) atoms. The first-order valence-electron chi connectivity index (χ1n) is 8.74. The summed E-state index contributed by atoms with van der Waals surface area (Å²) in [6.07, 6.45) is 0.